The fourth-order valence-electron chi connectivity index (χ4n) is 1.23. The third kappa shape index (κ3) is 1.23. The molecule has 0 saturated carbocycles. The van der Waals surface area contributed by atoms with Crippen LogP contribution in [0.5, 0.6) is 0 Å². The van der Waals surface area contributed by atoms with Gasteiger partial charge in [-0.15, -0.1) is 0 Å². The molecule has 1 aromatic heterocycles. The Morgan fingerprint density at radius 3 is 2.92 bits per heavy atom. The van der Waals surface area contributed by atoms with E-state index in [4.69, 9.17) is 0 Å². The van der Waals surface area contributed by atoms with Gasteiger partial charge in [0.15, 0.2) is 0 Å². The van der Waals surface area contributed by atoms with Crippen LogP contribution < -0.4 is 0 Å². The molecular weight excluding hydrogens is 148 g/mol. The normalized spacial score (nSPS) is 10.1. The zero-order valence-electron chi connectivity index (χ0n) is 6.91. The molecule has 0 fully saturated rings. The van der Waals surface area contributed by atoms with Crippen LogP contribution in [0.25, 0.3) is 11.1 Å². The molecule has 0 aliphatic heterocycles. The van der Waals surface area contributed by atoms with Crippen molar-refractivity contribution >= 4 is 0 Å². The molecule has 0 amide bonds. The number of hydrogen-bond acceptors (Lipinski definition) is 1. The molecule has 2 aromatic rings. The molecule has 0 radical (unpaired) electrons. The zero-order chi connectivity index (χ0) is 8.39. The Bertz CT molecular complexity index is 368. The third-order valence-electron chi connectivity index (χ3n) is 1.85. The van der Waals surface area contributed by atoms with Gasteiger partial charge in [-0.05, 0) is 12.5 Å². The highest BCUT2D eigenvalue weighted by atomic mass is 15.1. The van der Waals surface area contributed by atoms with Crippen molar-refractivity contribution in [1.29, 1.82) is 0 Å². The molecule has 0 spiro atoms. The minimum absolute atomic E-state index is 0. The summed E-state index contributed by atoms with van der Waals surface area (Å²) in [7, 11) is 0. The fraction of sp³-hybridized carbons (Fsp3) is 0.100. The maximum Gasteiger partial charge on any atom is 0.0565 e. The second-order valence-electron chi connectivity index (χ2n) is 2.86. The quantitative estimate of drug-likeness (QED) is 0.682. The fourth-order valence-corrected chi connectivity index (χ4v) is 1.23. The maximum atomic E-state index is 3.90. The van der Waals surface area contributed by atoms with Crippen molar-refractivity contribution < 1.29 is 1.43 Å². The van der Waals surface area contributed by atoms with Crippen LogP contribution in [0.2, 0.25) is 0 Å². The summed E-state index contributed by atoms with van der Waals surface area (Å²) in [4.78, 5) is 0. The number of rotatable bonds is 1. The molecule has 0 aliphatic rings. The van der Waals surface area contributed by atoms with Gasteiger partial charge in [0.2, 0.25) is 0 Å². The van der Waals surface area contributed by atoms with Gasteiger partial charge in [-0.2, -0.15) is 5.10 Å². The van der Waals surface area contributed by atoms with Crippen molar-refractivity contribution in [3.8, 4) is 11.1 Å². The number of aromatic amines is 1. The number of H-pyrrole nitrogens is 1. The molecule has 62 valence electrons. The van der Waals surface area contributed by atoms with Crippen molar-refractivity contribution in [2.45, 2.75) is 6.92 Å². The smallest absolute Gasteiger partial charge is 0.0565 e. The average Bonchev–Trinajstić information content (AvgIpc) is 2.56. The molecule has 2 rings (SSSR count). The summed E-state index contributed by atoms with van der Waals surface area (Å²) in [6.45, 7) is 2.09. The number of hydrogen-bond donors (Lipinski definition) is 1. The van der Waals surface area contributed by atoms with E-state index >= 15 is 0 Å². The van der Waals surface area contributed by atoms with E-state index < -0.39 is 0 Å². The molecule has 0 saturated heterocycles. The van der Waals surface area contributed by atoms with Crippen molar-refractivity contribution in [2.24, 2.45) is 0 Å². The lowest BCUT2D eigenvalue weighted by molar-refractivity contribution is 1.09. The highest BCUT2D eigenvalue weighted by Crippen LogP contribution is 2.17. The maximum absolute atomic E-state index is 3.90. The van der Waals surface area contributed by atoms with Crippen molar-refractivity contribution in [1.82, 2.24) is 10.2 Å². The van der Waals surface area contributed by atoms with Gasteiger partial charge in [-0.1, -0.05) is 29.8 Å². The lowest BCUT2D eigenvalue weighted by Crippen LogP contribution is -1.75. The summed E-state index contributed by atoms with van der Waals surface area (Å²) in [5.74, 6) is 0. The molecule has 2 nitrogen and oxygen atoms in total. The zero-order valence-corrected chi connectivity index (χ0v) is 6.91. The number of aromatic nitrogens is 2. The first kappa shape index (κ1) is 7.10. The van der Waals surface area contributed by atoms with E-state index in [1.165, 1.54) is 11.1 Å². The summed E-state index contributed by atoms with van der Waals surface area (Å²) in [5, 5.41) is 6.70. The number of aryl methyl sites for hydroxylation is 1. The molecule has 0 bridgehead atoms. The highest BCUT2D eigenvalue weighted by Gasteiger charge is 1.96. The molecule has 0 atom stereocenters. The predicted molar refractivity (Wildman–Crippen MR) is 50.9 cm³/mol. The summed E-state index contributed by atoms with van der Waals surface area (Å²) in [5.41, 5.74) is 3.62. The van der Waals surface area contributed by atoms with Gasteiger partial charge in [-0.25, -0.2) is 0 Å². The predicted octanol–water partition coefficient (Wildman–Crippen LogP) is 2.63. The SMILES string of the molecule is Cc1cccc(-c2cn[nH]c2)c1.[HH]. The molecule has 1 heterocycles. The Morgan fingerprint density at radius 2 is 2.25 bits per heavy atom. The first-order valence-corrected chi connectivity index (χ1v) is 3.92. The standard InChI is InChI=1S/C10H10N2.H2/c1-8-3-2-4-9(5-8)10-6-11-12-7-10;/h2-7H,1H3,(H,11,12);1H. The van der Waals surface area contributed by atoms with Gasteiger partial charge in [0.1, 0.15) is 0 Å². The Hall–Kier alpha value is -1.57. The molecule has 12 heavy (non-hydrogen) atoms. The van der Waals surface area contributed by atoms with E-state index in [9.17, 15) is 0 Å². The van der Waals surface area contributed by atoms with Gasteiger partial charge in [0.05, 0.1) is 6.20 Å². The van der Waals surface area contributed by atoms with Crippen LogP contribution >= 0.6 is 0 Å². The Labute approximate surface area is 72.7 Å². The molecule has 0 aliphatic carbocycles. The van der Waals surface area contributed by atoms with Crippen LogP contribution in [0.15, 0.2) is 36.7 Å². The first-order chi connectivity index (χ1) is 5.86. The van der Waals surface area contributed by atoms with E-state index in [1.807, 2.05) is 12.4 Å². The lowest BCUT2D eigenvalue weighted by Gasteiger charge is -1.97. The lowest BCUT2D eigenvalue weighted by atomic mass is 10.1. The summed E-state index contributed by atoms with van der Waals surface area (Å²) in [6.07, 6.45) is 3.73. The van der Waals surface area contributed by atoms with Gasteiger partial charge < -0.3 is 0 Å². The van der Waals surface area contributed by atoms with Crippen LogP contribution in [0.4, 0.5) is 0 Å². The van der Waals surface area contributed by atoms with E-state index in [2.05, 4.69) is 41.4 Å². The van der Waals surface area contributed by atoms with E-state index in [1.54, 1.807) is 0 Å². The topological polar surface area (TPSA) is 28.7 Å². The van der Waals surface area contributed by atoms with Crippen LogP contribution in [0.3, 0.4) is 0 Å². The molecular formula is C10H12N2. The van der Waals surface area contributed by atoms with Crippen molar-refractivity contribution in [2.75, 3.05) is 0 Å². The number of nitrogens with one attached hydrogen (secondary N) is 1. The van der Waals surface area contributed by atoms with Crippen LogP contribution in [0, 0.1) is 6.92 Å². The molecule has 2 heteroatoms. The average molecular weight is 160 g/mol. The van der Waals surface area contributed by atoms with E-state index in [-0.39, 0.29) is 1.43 Å². The van der Waals surface area contributed by atoms with Gasteiger partial charge in [-0.3, -0.25) is 5.10 Å². The number of benzene rings is 1. The van der Waals surface area contributed by atoms with E-state index in [0.29, 0.717) is 0 Å². The van der Waals surface area contributed by atoms with Crippen LogP contribution in [-0.2, 0) is 0 Å². The minimum atomic E-state index is 0. The summed E-state index contributed by atoms with van der Waals surface area (Å²) in [6, 6.07) is 8.37. The Kier molecular flexibility index (Phi) is 1.67. The second kappa shape index (κ2) is 2.81. The van der Waals surface area contributed by atoms with Gasteiger partial charge >= 0.3 is 0 Å². The summed E-state index contributed by atoms with van der Waals surface area (Å²) >= 11 is 0. The Balaban J connectivity index is 0.000000845. The van der Waals surface area contributed by atoms with E-state index in [0.717, 1.165) is 5.56 Å². The second-order valence-corrected chi connectivity index (χ2v) is 2.86. The van der Waals surface area contributed by atoms with Crippen LogP contribution in [0.1, 0.15) is 6.99 Å². The van der Waals surface area contributed by atoms with Crippen LogP contribution in [-0.4, -0.2) is 10.2 Å². The molecule has 0 unspecified atom stereocenters. The Morgan fingerprint density at radius 1 is 1.33 bits per heavy atom. The van der Waals surface area contributed by atoms with Gasteiger partial charge in [0.25, 0.3) is 0 Å². The first-order valence-electron chi connectivity index (χ1n) is 3.92. The molecule has 1 N–H and O–H groups in total. The van der Waals surface area contributed by atoms with Crippen molar-refractivity contribution in [3.05, 3.63) is 42.2 Å². The number of nitrogens with zero attached hydrogens (tertiary/aromatic N) is 1. The molecule has 1 aromatic carbocycles. The van der Waals surface area contributed by atoms with Gasteiger partial charge in [0, 0.05) is 13.2 Å². The van der Waals surface area contributed by atoms with Crippen molar-refractivity contribution in [3.63, 3.8) is 0 Å². The monoisotopic (exact) mass is 160 g/mol. The highest BCUT2D eigenvalue weighted by molar-refractivity contribution is 5.62. The third-order valence-corrected chi connectivity index (χ3v) is 1.85. The minimum Gasteiger partial charge on any atom is -0.285 e. The summed E-state index contributed by atoms with van der Waals surface area (Å²) < 4.78 is 0. The largest absolute Gasteiger partial charge is 0.285 e.